The molecule has 2 aliphatic heterocycles. The van der Waals surface area contributed by atoms with Crippen LogP contribution in [0.4, 0.5) is 0 Å². The van der Waals surface area contributed by atoms with Crippen molar-refractivity contribution in [1.29, 1.82) is 0 Å². The van der Waals surface area contributed by atoms with Crippen molar-refractivity contribution in [3.05, 3.63) is 0 Å². The summed E-state index contributed by atoms with van der Waals surface area (Å²) in [6, 6.07) is 0. The van der Waals surface area contributed by atoms with E-state index in [0.29, 0.717) is 0 Å². The van der Waals surface area contributed by atoms with Crippen LogP contribution in [0.1, 0.15) is 19.8 Å². The van der Waals surface area contributed by atoms with Crippen LogP contribution in [0.25, 0.3) is 0 Å². The fraction of sp³-hybridized carbons (Fsp3) is 1.00. The van der Waals surface area contributed by atoms with Crippen LogP contribution in [0, 0.1) is 17.8 Å². The summed E-state index contributed by atoms with van der Waals surface area (Å²) < 4.78 is 0. The zero-order valence-corrected chi connectivity index (χ0v) is 11.2. The van der Waals surface area contributed by atoms with E-state index in [9.17, 15) is 0 Å². The van der Waals surface area contributed by atoms with E-state index >= 15 is 0 Å². The van der Waals surface area contributed by atoms with Gasteiger partial charge in [0, 0.05) is 39.3 Å². The Morgan fingerprint density at radius 2 is 1.59 bits per heavy atom. The molecule has 0 spiro atoms. The second-order valence-electron chi connectivity index (χ2n) is 6.44. The molecule has 17 heavy (non-hydrogen) atoms. The lowest BCUT2D eigenvalue weighted by atomic mass is 9.97. The summed E-state index contributed by atoms with van der Waals surface area (Å²) in [5.41, 5.74) is 0. The summed E-state index contributed by atoms with van der Waals surface area (Å²) in [6.45, 7) is 12.8. The highest BCUT2D eigenvalue weighted by Gasteiger charge is 2.29. The molecule has 0 aromatic rings. The van der Waals surface area contributed by atoms with Crippen molar-refractivity contribution >= 4 is 0 Å². The minimum Gasteiger partial charge on any atom is -0.316 e. The predicted octanol–water partition coefficient (Wildman–Crippen LogP) is 0.870. The van der Waals surface area contributed by atoms with E-state index in [4.69, 9.17) is 0 Å². The molecule has 2 saturated heterocycles. The summed E-state index contributed by atoms with van der Waals surface area (Å²) >= 11 is 0. The minimum absolute atomic E-state index is 0.875. The molecule has 1 N–H and O–H groups in total. The minimum atomic E-state index is 0.875. The van der Waals surface area contributed by atoms with Crippen LogP contribution < -0.4 is 5.32 Å². The highest BCUT2D eigenvalue weighted by Crippen LogP contribution is 2.30. The number of nitrogens with one attached hydrogen (secondary N) is 1. The molecule has 0 aromatic heterocycles. The fourth-order valence-electron chi connectivity index (χ4n) is 3.26. The van der Waals surface area contributed by atoms with Crippen LogP contribution in [0.15, 0.2) is 0 Å². The monoisotopic (exact) mass is 237 g/mol. The molecule has 0 aromatic carbocycles. The third kappa shape index (κ3) is 3.21. The van der Waals surface area contributed by atoms with Gasteiger partial charge in [-0.05, 0) is 43.7 Å². The Kier molecular flexibility index (Phi) is 3.69. The summed E-state index contributed by atoms with van der Waals surface area (Å²) in [5, 5.41) is 3.52. The van der Waals surface area contributed by atoms with Crippen LogP contribution in [-0.2, 0) is 0 Å². The topological polar surface area (TPSA) is 18.5 Å². The predicted molar refractivity (Wildman–Crippen MR) is 71.1 cm³/mol. The number of rotatable bonds is 4. The SMILES string of the molecule is C[C@@H]1CNC[C@H]1CN1CCN(CC2CC2)CC1. The average molecular weight is 237 g/mol. The van der Waals surface area contributed by atoms with Crippen molar-refractivity contribution in [2.45, 2.75) is 19.8 Å². The molecule has 3 nitrogen and oxygen atoms in total. The van der Waals surface area contributed by atoms with E-state index in [0.717, 1.165) is 17.8 Å². The Morgan fingerprint density at radius 3 is 2.12 bits per heavy atom. The third-order valence-electron chi connectivity index (χ3n) is 4.85. The van der Waals surface area contributed by atoms with Crippen molar-refractivity contribution in [3.63, 3.8) is 0 Å². The van der Waals surface area contributed by atoms with E-state index in [1.807, 2.05) is 0 Å². The second-order valence-corrected chi connectivity index (χ2v) is 6.44. The molecule has 98 valence electrons. The maximum Gasteiger partial charge on any atom is 0.0110 e. The maximum absolute atomic E-state index is 3.52. The van der Waals surface area contributed by atoms with Crippen molar-refractivity contribution < 1.29 is 0 Å². The molecule has 0 radical (unpaired) electrons. The highest BCUT2D eigenvalue weighted by molar-refractivity contribution is 4.84. The van der Waals surface area contributed by atoms with Gasteiger partial charge in [-0.25, -0.2) is 0 Å². The molecular weight excluding hydrogens is 210 g/mol. The zero-order valence-electron chi connectivity index (χ0n) is 11.2. The van der Waals surface area contributed by atoms with Gasteiger partial charge in [-0.15, -0.1) is 0 Å². The van der Waals surface area contributed by atoms with Crippen molar-refractivity contribution in [1.82, 2.24) is 15.1 Å². The lowest BCUT2D eigenvalue weighted by molar-refractivity contribution is 0.111. The van der Waals surface area contributed by atoms with Crippen molar-refractivity contribution in [3.8, 4) is 0 Å². The molecule has 0 bridgehead atoms. The van der Waals surface area contributed by atoms with Gasteiger partial charge in [0.2, 0.25) is 0 Å². The Balaban J connectivity index is 1.38. The average Bonchev–Trinajstić information content (AvgIpc) is 3.06. The Morgan fingerprint density at radius 1 is 0.941 bits per heavy atom. The fourth-order valence-corrected chi connectivity index (χ4v) is 3.26. The molecule has 3 heteroatoms. The van der Waals surface area contributed by atoms with E-state index in [1.54, 1.807) is 0 Å². The number of hydrogen-bond donors (Lipinski definition) is 1. The molecule has 0 unspecified atom stereocenters. The van der Waals surface area contributed by atoms with Gasteiger partial charge in [-0.2, -0.15) is 0 Å². The first kappa shape index (κ1) is 11.9. The van der Waals surface area contributed by atoms with Crippen LogP contribution in [0.5, 0.6) is 0 Å². The molecule has 0 amide bonds. The van der Waals surface area contributed by atoms with Crippen LogP contribution in [0.3, 0.4) is 0 Å². The van der Waals surface area contributed by atoms with Gasteiger partial charge >= 0.3 is 0 Å². The van der Waals surface area contributed by atoms with Crippen LogP contribution >= 0.6 is 0 Å². The lowest BCUT2D eigenvalue weighted by Crippen LogP contribution is -2.48. The molecule has 3 rings (SSSR count). The van der Waals surface area contributed by atoms with Gasteiger partial charge < -0.3 is 15.1 Å². The van der Waals surface area contributed by atoms with Crippen LogP contribution in [-0.4, -0.2) is 62.2 Å². The molecular formula is C14H27N3. The summed E-state index contributed by atoms with van der Waals surface area (Å²) in [5.74, 6) is 2.82. The van der Waals surface area contributed by atoms with Gasteiger partial charge in [-0.1, -0.05) is 6.92 Å². The van der Waals surface area contributed by atoms with Gasteiger partial charge in [0.25, 0.3) is 0 Å². The molecule has 2 atom stereocenters. The summed E-state index contributed by atoms with van der Waals surface area (Å²) in [7, 11) is 0. The zero-order chi connectivity index (χ0) is 11.7. The van der Waals surface area contributed by atoms with Gasteiger partial charge in [-0.3, -0.25) is 0 Å². The molecule has 2 heterocycles. The first-order chi connectivity index (χ1) is 8.31. The molecule has 1 saturated carbocycles. The Labute approximate surface area is 106 Å². The van der Waals surface area contributed by atoms with E-state index in [2.05, 4.69) is 22.0 Å². The molecule has 3 fully saturated rings. The molecule has 3 aliphatic rings. The summed E-state index contributed by atoms with van der Waals surface area (Å²) in [6.07, 6.45) is 2.98. The van der Waals surface area contributed by atoms with E-state index in [-0.39, 0.29) is 0 Å². The van der Waals surface area contributed by atoms with Crippen LogP contribution in [0.2, 0.25) is 0 Å². The maximum atomic E-state index is 3.52. The standard InChI is InChI=1S/C14H27N3/c1-12-8-15-9-14(12)11-17-6-4-16(5-7-17)10-13-2-3-13/h12-15H,2-11H2,1H3/t12-,14+/m1/s1. The molecule has 1 aliphatic carbocycles. The van der Waals surface area contributed by atoms with E-state index in [1.165, 1.54) is 65.2 Å². The van der Waals surface area contributed by atoms with Gasteiger partial charge in [0.05, 0.1) is 0 Å². The first-order valence-corrected chi connectivity index (χ1v) is 7.46. The number of hydrogen-bond acceptors (Lipinski definition) is 3. The smallest absolute Gasteiger partial charge is 0.0110 e. The first-order valence-electron chi connectivity index (χ1n) is 7.46. The Bertz CT molecular complexity index is 244. The largest absolute Gasteiger partial charge is 0.316 e. The highest BCUT2D eigenvalue weighted by atomic mass is 15.3. The van der Waals surface area contributed by atoms with Crippen molar-refractivity contribution in [2.75, 3.05) is 52.4 Å². The van der Waals surface area contributed by atoms with E-state index < -0.39 is 0 Å². The quantitative estimate of drug-likeness (QED) is 0.783. The number of piperazine rings is 1. The Hall–Kier alpha value is -0.120. The third-order valence-corrected chi connectivity index (χ3v) is 4.85. The normalized spacial score (nSPS) is 36.5. The lowest BCUT2D eigenvalue weighted by Gasteiger charge is -2.36. The number of nitrogens with zero attached hydrogens (tertiary/aromatic N) is 2. The van der Waals surface area contributed by atoms with Crippen molar-refractivity contribution in [2.24, 2.45) is 17.8 Å². The second kappa shape index (κ2) is 5.25. The van der Waals surface area contributed by atoms with Gasteiger partial charge in [0.1, 0.15) is 0 Å². The summed E-state index contributed by atoms with van der Waals surface area (Å²) in [4.78, 5) is 5.38. The van der Waals surface area contributed by atoms with Gasteiger partial charge in [0.15, 0.2) is 0 Å².